The molecule has 2 aliphatic rings. The molecule has 0 aromatic carbocycles. The summed E-state index contributed by atoms with van der Waals surface area (Å²) in [5.41, 5.74) is -0.592. The van der Waals surface area contributed by atoms with E-state index in [4.69, 9.17) is 5.41 Å². The maximum atomic E-state index is 12.8. The number of nitrogens with one attached hydrogen (secondary N) is 2. The van der Waals surface area contributed by atoms with E-state index < -0.39 is 5.54 Å². The highest BCUT2D eigenvalue weighted by Crippen LogP contribution is 2.27. The Kier molecular flexibility index (Phi) is 7.29. The van der Waals surface area contributed by atoms with Gasteiger partial charge >= 0.3 is 0 Å². The lowest BCUT2D eigenvalue weighted by molar-refractivity contribution is -0.131. The molecule has 0 radical (unpaired) electrons. The molecule has 1 unspecified atom stereocenters. The normalized spacial score (nSPS) is 25.9. The standard InChI is InChI=1S/C20H38N4O/c1-5-6-7-8-11-23-12-9-17(10-13-23)15-24-18(25)20(4,14-16(2)3)22-19(24)21/h16-17H,5-15H2,1-4H3,(H2,21,22). The van der Waals surface area contributed by atoms with Crippen molar-refractivity contribution < 1.29 is 4.79 Å². The average molecular weight is 351 g/mol. The summed E-state index contributed by atoms with van der Waals surface area (Å²) < 4.78 is 0. The molecule has 2 fully saturated rings. The number of nitrogens with zero attached hydrogens (tertiary/aromatic N) is 2. The van der Waals surface area contributed by atoms with Crippen LogP contribution in [0, 0.1) is 17.2 Å². The van der Waals surface area contributed by atoms with Gasteiger partial charge in [-0.05, 0) is 64.1 Å². The van der Waals surface area contributed by atoms with Crippen LogP contribution in [-0.4, -0.2) is 53.4 Å². The number of amides is 1. The minimum absolute atomic E-state index is 0.0909. The molecule has 0 aliphatic carbocycles. The minimum Gasteiger partial charge on any atom is -0.342 e. The van der Waals surface area contributed by atoms with E-state index in [1.807, 2.05) is 6.92 Å². The molecule has 2 saturated heterocycles. The third kappa shape index (κ3) is 5.44. The molecule has 25 heavy (non-hydrogen) atoms. The molecule has 2 aliphatic heterocycles. The van der Waals surface area contributed by atoms with Gasteiger partial charge in [0.2, 0.25) is 0 Å². The summed E-state index contributed by atoms with van der Waals surface area (Å²) in [5, 5.41) is 11.4. The Morgan fingerprint density at radius 3 is 2.52 bits per heavy atom. The Hall–Kier alpha value is -1.10. The molecule has 2 N–H and O–H groups in total. The Labute approximate surface area is 154 Å². The summed E-state index contributed by atoms with van der Waals surface area (Å²) in [4.78, 5) is 17.1. The lowest BCUT2D eigenvalue weighted by Crippen LogP contribution is -2.45. The second-order valence-electron chi connectivity index (χ2n) is 8.67. The van der Waals surface area contributed by atoms with Crippen LogP contribution in [0.25, 0.3) is 0 Å². The number of hydrogen-bond donors (Lipinski definition) is 2. The van der Waals surface area contributed by atoms with Crippen molar-refractivity contribution >= 4 is 11.9 Å². The summed E-state index contributed by atoms with van der Waals surface area (Å²) in [6.45, 7) is 12.7. The van der Waals surface area contributed by atoms with Gasteiger partial charge < -0.3 is 10.2 Å². The molecule has 1 amide bonds. The number of hydrogen-bond acceptors (Lipinski definition) is 3. The van der Waals surface area contributed by atoms with Crippen LogP contribution in [0.5, 0.6) is 0 Å². The summed E-state index contributed by atoms with van der Waals surface area (Å²) in [7, 11) is 0. The molecule has 2 heterocycles. The van der Waals surface area contributed by atoms with E-state index in [-0.39, 0.29) is 5.91 Å². The van der Waals surface area contributed by atoms with Crippen LogP contribution in [0.4, 0.5) is 0 Å². The van der Waals surface area contributed by atoms with Crippen molar-refractivity contribution in [1.29, 1.82) is 5.41 Å². The Balaban J connectivity index is 1.78. The third-order valence-corrected chi connectivity index (χ3v) is 5.67. The number of guanidine groups is 1. The van der Waals surface area contributed by atoms with Gasteiger partial charge in [-0.3, -0.25) is 15.1 Å². The first-order chi connectivity index (χ1) is 11.9. The van der Waals surface area contributed by atoms with Gasteiger partial charge in [-0.1, -0.05) is 40.0 Å². The van der Waals surface area contributed by atoms with E-state index in [0.29, 0.717) is 24.3 Å². The predicted molar refractivity (Wildman–Crippen MR) is 104 cm³/mol. The number of unbranched alkanes of at least 4 members (excludes halogenated alkanes) is 3. The van der Waals surface area contributed by atoms with Crippen LogP contribution in [0.3, 0.4) is 0 Å². The summed E-state index contributed by atoms with van der Waals surface area (Å²) in [6.07, 6.45) is 8.36. The Bertz CT molecular complexity index is 457. The predicted octanol–water partition coefficient (Wildman–Crippen LogP) is 3.45. The van der Waals surface area contributed by atoms with E-state index in [0.717, 1.165) is 32.4 Å². The molecule has 0 saturated carbocycles. The molecule has 1 atom stereocenters. The van der Waals surface area contributed by atoms with Crippen LogP contribution in [0.2, 0.25) is 0 Å². The van der Waals surface area contributed by atoms with Crippen molar-refractivity contribution in [2.75, 3.05) is 26.2 Å². The first kappa shape index (κ1) is 20.2. The zero-order valence-electron chi connectivity index (χ0n) is 16.7. The zero-order chi connectivity index (χ0) is 18.4. The van der Waals surface area contributed by atoms with Gasteiger partial charge in [0.15, 0.2) is 5.96 Å². The van der Waals surface area contributed by atoms with Gasteiger partial charge in [-0.25, -0.2) is 0 Å². The van der Waals surface area contributed by atoms with Gasteiger partial charge in [0, 0.05) is 6.54 Å². The summed E-state index contributed by atoms with van der Waals surface area (Å²) in [5.74, 6) is 1.35. The molecule has 0 spiro atoms. The van der Waals surface area contributed by atoms with E-state index in [1.54, 1.807) is 4.90 Å². The topological polar surface area (TPSA) is 59.4 Å². The van der Waals surface area contributed by atoms with Crippen LogP contribution < -0.4 is 5.32 Å². The molecular formula is C20H38N4O. The van der Waals surface area contributed by atoms with Crippen LogP contribution >= 0.6 is 0 Å². The van der Waals surface area contributed by atoms with Crippen molar-refractivity contribution in [3.05, 3.63) is 0 Å². The summed E-state index contributed by atoms with van der Waals surface area (Å²) in [6, 6.07) is 0. The van der Waals surface area contributed by atoms with E-state index >= 15 is 0 Å². The van der Waals surface area contributed by atoms with Gasteiger partial charge in [0.05, 0.1) is 0 Å². The summed E-state index contributed by atoms with van der Waals surface area (Å²) >= 11 is 0. The fourth-order valence-corrected chi connectivity index (χ4v) is 4.32. The second-order valence-corrected chi connectivity index (χ2v) is 8.67. The number of carbonyl (C=O) groups is 1. The first-order valence-corrected chi connectivity index (χ1v) is 10.3. The van der Waals surface area contributed by atoms with Gasteiger partial charge in [-0.15, -0.1) is 0 Å². The maximum absolute atomic E-state index is 12.8. The molecule has 2 rings (SSSR count). The van der Waals surface area contributed by atoms with Gasteiger partial charge in [0.1, 0.15) is 5.54 Å². The highest BCUT2D eigenvalue weighted by molar-refractivity contribution is 6.07. The van der Waals surface area contributed by atoms with Crippen molar-refractivity contribution in [2.45, 2.75) is 78.2 Å². The van der Waals surface area contributed by atoms with Crippen molar-refractivity contribution in [2.24, 2.45) is 11.8 Å². The molecule has 144 valence electrons. The molecule has 0 aromatic heterocycles. The van der Waals surface area contributed by atoms with Gasteiger partial charge in [0.25, 0.3) is 5.91 Å². The molecular weight excluding hydrogens is 312 g/mol. The Morgan fingerprint density at radius 1 is 1.24 bits per heavy atom. The average Bonchev–Trinajstić information content (AvgIpc) is 2.75. The lowest BCUT2D eigenvalue weighted by Gasteiger charge is -2.33. The van der Waals surface area contributed by atoms with Crippen molar-refractivity contribution in [3.8, 4) is 0 Å². The number of piperidine rings is 1. The number of carbonyl (C=O) groups excluding carboxylic acids is 1. The quantitative estimate of drug-likeness (QED) is 0.626. The lowest BCUT2D eigenvalue weighted by atomic mass is 9.90. The number of rotatable bonds is 9. The molecule has 5 heteroatoms. The van der Waals surface area contributed by atoms with E-state index in [1.165, 1.54) is 32.2 Å². The molecule has 0 aromatic rings. The maximum Gasteiger partial charge on any atom is 0.254 e. The largest absolute Gasteiger partial charge is 0.342 e. The van der Waals surface area contributed by atoms with E-state index in [2.05, 4.69) is 31.0 Å². The number of likely N-dealkylation sites (tertiary alicyclic amines) is 1. The van der Waals surface area contributed by atoms with Crippen molar-refractivity contribution in [3.63, 3.8) is 0 Å². The second kappa shape index (κ2) is 9.02. The van der Waals surface area contributed by atoms with Crippen LogP contribution in [0.15, 0.2) is 0 Å². The van der Waals surface area contributed by atoms with E-state index in [9.17, 15) is 4.79 Å². The molecule has 5 nitrogen and oxygen atoms in total. The third-order valence-electron chi connectivity index (χ3n) is 5.67. The van der Waals surface area contributed by atoms with Crippen LogP contribution in [0.1, 0.15) is 72.6 Å². The minimum atomic E-state index is -0.592. The highest BCUT2D eigenvalue weighted by Gasteiger charge is 2.46. The fraction of sp³-hybridized carbons (Fsp3) is 0.900. The van der Waals surface area contributed by atoms with Gasteiger partial charge in [-0.2, -0.15) is 0 Å². The highest BCUT2D eigenvalue weighted by atomic mass is 16.2. The molecule has 0 bridgehead atoms. The monoisotopic (exact) mass is 350 g/mol. The Morgan fingerprint density at radius 2 is 1.92 bits per heavy atom. The fourth-order valence-electron chi connectivity index (χ4n) is 4.32. The zero-order valence-corrected chi connectivity index (χ0v) is 16.7. The smallest absolute Gasteiger partial charge is 0.254 e. The SMILES string of the molecule is CCCCCCN1CCC(CN2C(=N)NC(C)(CC(C)C)C2=O)CC1. The first-order valence-electron chi connectivity index (χ1n) is 10.3. The van der Waals surface area contributed by atoms with Crippen molar-refractivity contribution in [1.82, 2.24) is 15.1 Å². The van der Waals surface area contributed by atoms with Crippen LogP contribution in [-0.2, 0) is 4.79 Å².